The zero-order valence-corrected chi connectivity index (χ0v) is 14.7. The first-order valence-electron chi connectivity index (χ1n) is 8.57. The van der Waals surface area contributed by atoms with E-state index in [9.17, 15) is 0 Å². The molecule has 26 heavy (non-hydrogen) atoms. The molecule has 0 unspecified atom stereocenters. The molecule has 9 nitrogen and oxygen atoms in total. The number of rotatable bonds is 5. The molecule has 9 heteroatoms. The van der Waals surface area contributed by atoms with E-state index in [0.717, 1.165) is 29.5 Å². The lowest BCUT2D eigenvalue weighted by Crippen LogP contribution is -2.16. The first-order valence-corrected chi connectivity index (χ1v) is 8.57. The van der Waals surface area contributed by atoms with Gasteiger partial charge in [0.1, 0.15) is 23.0 Å². The van der Waals surface area contributed by atoms with Crippen LogP contribution in [-0.4, -0.2) is 19.9 Å². The molecule has 1 aliphatic carbocycles. The van der Waals surface area contributed by atoms with Crippen LogP contribution in [0.4, 0.5) is 5.82 Å². The Morgan fingerprint density at radius 3 is 2.81 bits per heavy atom. The number of fused-ring (bicyclic) bond motifs is 1. The SMILES string of the molecule is CC(C)n1nc(-c2noc(C3CC3)c2/C(N)=C/NN)c2c(N)nccc21. The van der Waals surface area contributed by atoms with Crippen molar-refractivity contribution in [3.63, 3.8) is 0 Å². The van der Waals surface area contributed by atoms with E-state index in [1.165, 1.54) is 6.20 Å². The first-order chi connectivity index (χ1) is 12.5. The van der Waals surface area contributed by atoms with Gasteiger partial charge in [-0.25, -0.2) is 4.98 Å². The molecule has 3 heterocycles. The molecule has 3 aromatic heterocycles. The summed E-state index contributed by atoms with van der Waals surface area (Å²) in [6.45, 7) is 4.11. The fraction of sp³-hybridized carbons (Fsp3) is 0.353. The fourth-order valence-corrected chi connectivity index (χ4v) is 3.20. The molecule has 1 aliphatic rings. The Labute approximate surface area is 150 Å². The fourth-order valence-electron chi connectivity index (χ4n) is 3.20. The second-order valence-electron chi connectivity index (χ2n) is 6.79. The van der Waals surface area contributed by atoms with Crippen molar-refractivity contribution in [2.24, 2.45) is 11.6 Å². The van der Waals surface area contributed by atoms with Crippen molar-refractivity contribution in [1.82, 2.24) is 25.3 Å². The highest BCUT2D eigenvalue weighted by molar-refractivity contribution is 6.01. The molecule has 0 saturated heterocycles. The van der Waals surface area contributed by atoms with Gasteiger partial charge < -0.3 is 21.4 Å². The summed E-state index contributed by atoms with van der Waals surface area (Å²) in [6.07, 6.45) is 5.30. The van der Waals surface area contributed by atoms with E-state index in [-0.39, 0.29) is 6.04 Å². The van der Waals surface area contributed by atoms with Crippen molar-refractivity contribution < 1.29 is 4.52 Å². The van der Waals surface area contributed by atoms with E-state index < -0.39 is 0 Å². The van der Waals surface area contributed by atoms with E-state index in [1.807, 2.05) is 10.7 Å². The van der Waals surface area contributed by atoms with Crippen LogP contribution < -0.4 is 22.7 Å². The molecule has 1 fully saturated rings. The highest BCUT2D eigenvalue weighted by Crippen LogP contribution is 2.46. The molecule has 136 valence electrons. The van der Waals surface area contributed by atoms with Gasteiger partial charge in [0.05, 0.1) is 22.2 Å². The van der Waals surface area contributed by atoms with Gasteiger partial charge >= 0.3 is 0 Å². The van der Waals surface area contributed by atoms with Gasteiger partial charge in [0, 0.05) is 24.4 Å². The van der Waals surface area contributed by atoms with Gasteiger partial charge in [-0.1, -0.05) is 5.16 Å². The van der Waals surface area contributed by atoms with Crippen molar-refractivity contribution >= 4 is 22.4 Å². The summed E-state index contributed by atoms with van der Waals surface area (Å²) in [5.41, 5.74) is 18.1. The molecule has 0 bridgehead atoms. The topological polar surface area (TPSA) is 147 Å². The van der Waals surface area contributed by atoms with Crippen LogP contribution in [-0.2, 0) is 0 Å². The molecular formula is C17H22N8O. The van der Waals surface area contributed by atoms with Gasteiger partial charge in [-0.05, 0) is 32.8 Å². The van der Waals surface area contributed by atoms with Crippen LogP contribution in [0.1, 0.15) is 50.0 Å². The van der Waals surface area contributed by atoms with Crippen molar-refractivity contribution in [3.05, 3.63) is 29.8 Å². The van der Waals surface area contributed by atoms with Gasteiger partial charge in [0.15, 0.2) is 0 Å². The summed E-state index contributed by atoms with van der Waals surface area (Å²) in [4.78, 5) is 4.22. The summed E-state index contributed by atoms with van der Waals surface area (Å²) in [6, 6.07) is 2.04. The number of nitrogen functional groups attached to an aromatic ring is 1. The lowest BCUT2D eigenvalue weighted by atomic mass is 10.0. The van der Waals surface area contributed by atoms with Gasteiger partial charge in [0.2, 0.25) is 0 Å². The minimum atomic E-state index is 0.143. The lowest BCUT2D eigenvalue weighted by Gasteiger charge is -2.06. The number of hydrogen-bond acceptors (Lipinski definition) is 8. The Morgan fingerprint density at radius 1 is 1.38 bits per heavy atom. The Balaban J connectivity index is 2.01. The van der Waals surface area contributed by atoms with Crippen LogP contribution in [0, 0.1) is 0 Å². The molecule has 3 aromatic rings. The standard InChI is InChI=1S/C17H22N8O/c1-8(2)25-11-5-6-21-17(19)13(11)14(23-25)15-12(10(18)7-22-20)16(26-24-15)9-3-4-9/h5-9,22H,3-4,18,20H2,1-2H3,(H2,19,21)/b10-7-. The second kappa shape index (κ2) is 6.03. The summed E-state index contributed by atoms with van der Waals surface area (Å²) in [5, 5.41) is 9.79. The normalized spacial score (nSPS) is 15.2. The van der Waals surface area contributed by atoms with Gasteiger partial charge in [-0.3, -0.25) is 10.5 Å². The molecule has 0 amide bonds. The largest absolute Gasteiger partial charge is 0.397 e. The molecule has 0 aromatic carbocycles. The zero-order valence-electron chi connectivity index (χ0n) is 14.7. The molecule has 0 radical (unpaired) electrons. The number of nitrogens with two attached hydrogens (primary N) is 3. The van der Waals surface area contributed by atoms with Crippen LogP contribution in [0.5, 0.6) is 0 Å². The van der Waals surface area contributed by atoms with Crippen molar-refractivity contribution in [2.75, 3.05) is 5.73 Å². The van der Waals surface area contributed by atoms with Crippen LogP contribution in [0.2, 0.25) is 0 Å². The number of aromatic nitrogens is 4. The Morgan fingerprint density at radius 2 is 2.15 bits per heavy atom. The summed E-state index contributed by atoms with van der Waals surface area (Å²) >= 11 is 0. The number of nitrogens with one attached hydrogen (secondary N) is 1. The van der Waals surface area contributed by atoms with Crippen LogP contribution >= 0.6 is 0 Å². The number of pyridine rings is 1. The van der Waals surface area contributed by atoms with Gasteiger partial charge in [0.25, 0.3) is 0 Å². The monoisotopic (exact) mass is 354 g/mol. The Hall–Kier alpha value is -3.07. The summed E-state index contributed by atoms with van der Waals surface area (Å²) in [7, 11) is 0. The van der Waals surface area contributed by atoms with Gasteiger partial charge in [-0.15, -0.1) is 0 Å². The summed E-state index contributed by atoms with van der Waals surface area (Å²) < 4.78 is 7.55. The van der Waals surface area contributed by atoms with E-state index in [1.54, 1.807) is 6.20 Å². The molecule has 0 spiro atoms. The third-order valence-corrected chi connectivity index (χ3v) is 4.56. The summed E-state index contributed by atoms with van der Waals surface area (Å²) in [5.74, 6) is 6.90. The molecule has 1 saturated carbocycles. The maximum atomic E-state index is 6.24. The zero-order chi connectivity index (χ0) is 18.4. The van der Waals surface area contributed by atoms with Crippen molar-refractivity contribution in [3.8, 4) is 11.4 Å². The van der Waals surface area contributed by atoms with Crippen LogP contribution in [0.3, 0.4) is 0 Å². The second-order valence-corrected chi connectivity index (χ2v) is 6.79. The Kier molecular flexibility index (Phi) is 3.80. The quantitative estimate of drug-likeness (QED) is 0.401. The molecule has 7 N–H and O–H groups in total. The first kappa shape index (κ1) is 16.4. The van der Waals surface area contributed by atoms with Gasteiger partial charge in [-0.2, -0.15) is 5.10 Å². The number of nitrogens with zero attached hydrogens (tertiary/aromatic N) is 4. The van der Waals surface area contributed by atoms with E-state index in [4.69, 9.17) is 26.9 Å². The molecule has 0 atom stereocenters. The minimum Gasteiger partial charge on any atom is -0.397 e. The maximum Gasteiger partial charge on any atom is 0.149 e. The number of anilines is 1. The highest BCUT2D eigenvalue weighted by atomic mass is 16.5. The third-order valence-electron chi connectivity index (χ3n) is 4.56. The third kappa shape index (κ3) is 2.48. The average Bonchev–Trinajstić information content (AvgIpc) is 3.22. The maximum absolute atomic E-state index is 6.24. The number of hydrogen-bond donors (Lipinski definition) is 4. The van der Waals surface area contributed by atoms with E-state index in [2.05, 4.69) is 29.4 Å². The molecule has 0 aliphatic heterocycles. The Bertz CT molecular complexity index is 996. The predicted octanol–water partition coefficient (Wildman–Crippen LogP) is 1.85. The average molecular weight is 354 g/mol. The molecule has 4 rings (SSSR count). The number of hydrazine groups is 1. The van der Waals surface area contributed by atoms with Crippen molar-refractivity contribution in [1.29, 1.82) is 0 Å². The molecular weight excluding hydrogens is 332 g/mol. The van der Waals surface area contributed by atoms with E-state index >= 15 is 0 Å². The highest BCUT2D eigenvalue weighted by Gasteiger charge is 2.35. The van der Waals surface area contributed by atoms with Crippen molar-refractivity contribution in [2.45, 2.75) is 38.6 Å². The van der Waals surface area contributed by atoms with Crippen LogP contribution in [0.15, 0.2) is 23.0 Å². The predicted molar refractivity (Wildman–Crippen MR) is 99.3 cm³/mol. The van der Waals surface area contributed by atoms with Crippen LogP contribution in [0.25, 0.3) is 28.0 Å². The van der Waals surface area contributed by atoms with E-state index in [0.29, 0.717) is 34.4 Å². The lowest BCUT2D eigenvalue weighted by molar-refractivity contribution is 0.385. The smallest absolute Gasteiger partial charge is 0.149 e. The minimum absolute atomic E-state index is 0.143.